The highest BCUT2D eigenvalue weighted by atomic mass is 32.2. The van der Waals surface area contributed by atoms with E-state index in [2.05, 4.69) is 15.3 Å². The van der Waals surface area contributed by atoms with Crippen LogP contribution in [0.2, 0.25) is 0 Å². The van der Waals surface area contributed by atoms with Crippen molar-refractivity contribution >= 4 is 39.2 Å². The van der Waals surface area contributed by atoms with Gasteiger partial charge in [-0.1, -0.05) is 12.1 Å². The Balaban J connectivity index is 1.72. The molecule has 0 saturated carbocycles. The van der Waals surface area contributed by atoms with Gasteiger partial charge in [-0.2, -0.15) is 11.8 Å². The lowest BCUT2D eigenvalue weighted by Gasteiger charge is -2.06. The Labute approximate surface area is 165 Å². The smallest absolute Gasteiger partial charge is 0.261 e. The van der Waals surface area contributed by atoms with Gasteiger partial charge < -0.3 is 15.0 Å². The first-order valence-electron chi connectivity index (χ1n) is 8.46. The van der Waals surface area contributed by atoms with E-state index in [0.29, 0.717) is 38.8 Å². The molecule has 142 valence electrons. The average Bonchev–Trinajstić information content (AvgIpc) is 2.99. The SMILES string of the molecule is COc1ccc(CCNC(=O)c2sc3nc(CSC)[nH]c(=O)c3c2C)cc1. The zero-order valence-electron chi connectivity index (χ0n) is 15.4. The number of aromatic amines is 1. The van der Waals surface area contributed by atoms with Crippen molar-refractivity contribution in [2.75, 3.05) is 19.9 Å². The number of carbonyl (C=O) groups excluding carboxylic acids is 1. The minimum atomic E-state index is -0.185. The van der Waals surface area contributed by atoms with Crippen molar-refractivity contribution < 1.29 is 9.53 Å². The fourth-order valence-electron chi connectivity index (χ4n) is 2.80. The Bertz CT molecular complexity index is 1010. The standard InChI is InChI=1S/C19H21N3O3S2/c1-11-15-17(23)21-14(10-26-3)22-19(15)27-16(11)18(24)20-9-8-12-4-6-13(25-2)7-5-12/h4-7H,8-10H2,1-3H3,(H,20,24)(H,21,22,23). The van der Waals surface area contributed by atoms with Crippen LogP contribution in [0.1, 0.15) is 26.6 Å². The molecule has 3 aromatic rings. The number of amides is 1. The van der Waals surface area contributed by atoms with Gasteiger partial charge in [0.05, 0.1) is 23.1 Å². The van der Waals surface area contributed by atoms with E-state index in [4.69, 9.17) is 4.74 Å². The highest BCUT2D eigenvalue weighted by Gasteiger charge is 2.19. The summed E-state index contributed by atoms with van der Waals surface area (Å²) in [5.41, 5.74) is 1.61. The van der Waals surface area contributed by atoms with E-state index in [9.17, 15) is 9.59 Å². The molecule has 0 bridgehead atoms. The number of aromatic nitrogens is 2. The van der Waals surface area contributed by atoms with Crippen LogP contribution in [0.5, 0.6) is 5.75 Å². The maximum atomic E-state index is 12.6. The van der Waals surface area contributed by atoms with E-state index >= 15 is 0 Å². The summed E-state index contributed by atoms with van der Waals surface area (Å²) in [6.45, 7) is 2.31. The summed E-state index contributed by atoms with van der Waals surface area (Å²) in [6.07, 6.45) is 2.67. The van der Waals surface area contributed by atoms with Crippen molar-refractivity contribution in [2.45, 2.75) is 19.1 Å². The number of thiophene rings is 1. The monoisotopic (exact) mass is 403 g/mol. The number of rotatable bonds is 7. The zero-order valence-corrected chi connectivity index (χ0v) is 17.1. The van der Waals surface area contributed by atoms with E-state index in [1.807, 2.05) is 30.5 Å². The number of ether oxygens (including phenoxy) is 1. The Kier molecular flexibility index (Phi) is 6.18. The van der Waals surface area contributed by atoms with Gasteiger partial charge in [-0.05, 0) is 42.9 Å². The van der Waals surface area contributed by atoms with Gasteiger partial charge in [0.1, 0.15) is 16.4 Å². The molecule has 2 aromatic heterocycles. The van der Waals surface area contributed by atoms with Crippen molar-refractivity contribution in [3.05, 3.63) is 56.4 Å². The van der Waals surface area contributed by atoms with Crippen LogP contribution in [-0.4, -0.2) is 35.8 Å². The van der Waals surface area contributed by atoms with Gasteiger partial charge in [-0.3, -0.25) is 9.59 Å². The molecule has 0 aliphatic rings. The molecule has 1 aromatic carbocycles. The number of hydrogen-bond donors (Lipinski definition) is 2. The molecule has 0 spiro atoms. The number of hydrogen-bond acceptors (Lipinski definition) is 6. The summed E-state index contributed by atoms with van der Waals surface area (Å²) in [7, 11) is 1.63. The maximum Gasteiger partial charge on any atom is 0.261 e. The largest absolute Gasteiger partial charge is 0.497 e. The Morgan fingerprint density at radius 1 is 1.33 bits per heavy atom. The van der Waals surface area contributed by atoms with Gasteiger partial charge in [0.15, 0.2) is 0 Å². The van der Waals surface area contributed by atoms with Crippen molar-refractivity contribution in [1.82, 2.24) is 15.3 Å². The molecule has 0 saturated heterocycles. The van der Waals surface area contributed by atoms with Crippen molar-refractivity contribution in [1.29, 1.82) is 0 Å². The second-order valence-electron chi connectivity index (χ2n) is 6.04. The fourth-order valence-corrected chi connectivity index (χ4v) is 4.33. The Morgan fingerprint density at radius 3 is 2.74 bits per heavy atom. The minimum Gasteiger partial charge on any atom is -0.497 e. The molecule has 0 radical (unpaired) electrons. The number of aryl methyl sites for hydroxylation is 1. The zero-order chi connectivity index (χ0) is 19.4. The third kappa shape index (κ3) is 4.33. The van der Waals surface area contributed by atoms with Crippen molar-refractivity contribution in [3.63, 3.8) is 0 Å². The first-order valence-corrected chi connectivity index (χ1v) is 10.7. The minimum absolute atomic E-state index is 0.171. The molecule has 1 amide bonds. The molecule has 0 aliphatic heterocycles. The van der Waals surface area contributed by atoms with Gasteiger partial charge in [0.2, 0.25) is 0 Å². The number of benzene rings is 1. The van der Waals surface area contributed by atoms with E-state index < -0.39 is 0 Å². The predicted octanol–water partition coefficient (Wildman–Crippen LogP) is 3.14. The van der Waals surface area contributed by atoms with Crippen LogP contribution in [0.4, 0.5) is 0 Å². The topological polar surface area (TPSA) is 84.1 Å². The Morgan fingerprint density at radius 2 is 2.07 bits per heavy atom. The number of carbonyl (C=O) groups is 1. The maximum absolute atomic E-state index is 12.6. The number of methoxy groups -OCH3 is 1. The predicted molar refractivity (Wildman–Crippen MR) is 111 cm³/mol. The van der Waals surface area contributed by atoms with E-state index in [1.54, 1.807) is 25.8 Å². The highest BCUT2D eigenvalue weighted by Crippen LogP contribution is 2.27. The number of fused-ring (bicyclic) bond motifs is 1. The average molecular weight is 404 g/mol. The lowest BCUT2D eigenvalue weighted by Crippen LogP contribution is -2.25. The molecule has 0 aliphatic carbocycles. The molecule has 27 heavy (non-hydrogen) atoms. The molecule has 8 heteroatoms. The van der Waals surface area contributed by atoms with Crippen LogP contribution in [0, 0.1) is 6.92 Å². The fraction of sp³-hybridized carbons (Fsp3) is 0.316. The molecule has 0 fully saturated rings. The first kappa shape index (κ1) is 19.4. The lowest BCUT2D eigenvalue weighted by molar-refractivity contribution is 0.0957. The van der Waals surface area contributed by atoms with Gasteiger partial charge in [-0.15, -0.1) is 11.3 Å². The van der Waals surface area contributed by atoms with Crippen LogP contribution >= 0.6 is 23.1 Å². The first-order chi connectivity index (χ1) is 13.0. The quantitative estimate of drug-likeness (QED) is 0.633. The number of nitrogens with zero attached hydrogens (tertiary/aromatic N) is 1. The molecule has 0 atom stereocenters. The van der Waals surface area contributed by atoms with Gasteiger partial charge in [0, 0.05) is 6.54 Å². The highest BCUT2D eigenvalue weighted by molar-refractivity contribution is 7.97. The number of H-pyrrole nitrogens is 1. The van der Waals surface area contributed by atoms with Crippen molar-refractivity contribution in [2.24, 2.45) is 0 Å². The second kappa shape index (κ2) is 8.58. The van der Waals surface area contributed by atoms with Gasteiger partial charge >= 0.3 is 0 Å². The van der Waals surface area contributed by atoms with E-state index in [1.165, 1.54) is 11.3 Å². The second-order valence-corrected chi connectivity index (χ2v) is 7.90. The number of thioether (sulfide) groups is 1. The van der Waals surface area contributed by atoms with Crippen LogP contribution in [0.3, 0.4) is 0 Å². The molecule has 6 nitrogen and oxygen atoms in total. The van der Waals surface area contributed by atoms with Crippen LogP contribution in [-0.2, 0) is 12.2 Å². The molecular formula is C19H21N3O3S2. The molecule has 2 N–H and O–H groups in total. The van der Waals surface area contributed by atoms with Crippen LogP contribution in [0.15, 0.2) is 29.1 Å². The van der Waals surface area contributed by atoms with Crippen molar-refractivity contribution in [3.8, 4) is 5.75 Å². The van der Waals surface area contributed by atoms with Crippen LogP contribution < -0.4 is 15.6 Å². The van der Waals surface area contributed by atoms with Gasteiger partial charge in [-0.25, -0.2) is 4.98 Å². The summed E-state index contributed by atoms with van der Waals surface area (Å²) in [5.74, 6) is 1.90. The normalized spacial score (nSPS) is 10.9. The molecule has 2 heterocycles. The lowest BCUT2D eigenvalue weighted by atomic mass is 10.1. The summed E-state index contributed by atoms with van der Waals surface area (Å²) >= 11 is 2.85. The van der Waals surface area contributed by atoms with E-state index in [0.717, 1.165) is 17.7 Å². The third-order valence-electron chi connectivity index (χ3n) is 4.20. The van der Waals surface area contributed by atoms with Gasteiger partial charge in [0.25, 0.3) is 11.5 Å². The van der Waals surface area contributed by atoms with E-state index in [-0.39, 0.29) is 11.5 Å². The molecular weight excluding hydrogens is 382 g/mol. The number of nitrogens with one attached hydrogen (secondary N) is 2. The summed E-state index contributed by atoms with van der Waals surface area (Å²) < 4.78 is 5.14. The third-order valence-corrected chi connectivity index (χ3v) is 5.94. The molecule has 0 unspecified atom stereocenters. The summed E-state index contributed by atoms with van der Waals surface area (Å²) in [4.78, 5) is 33.4. The van der Waals surface area contributed by atoms with Crippen LogP contribution in [0.25, 0.3) is 10.2 Å². The molecule has 3 rings (SSSR count). The Hall–Kier alpha value is -2.32. The summed E-state index contributed by atoms with van der Waals surface area (Å²) in [6, 6.07) is 7.76. The summed E-state index contributed by atoms with van der Waals surface area (Å²) in [5, 5.41) is 3.44.